The summed E-state index contributed by atoms with van der Waals surface area (Å²) in [4.78, 5) is 12.1. The molecule has 0 spiro atoms. The molecule has 0 aromatic heterocycles. The molecule has 0 saturated heterocycles. The van der Waals surface area contributed by atoms with Crippen molar-refractivity contribution < 1.29 is 14.6 Å². The summed E-state index contributed by atoms with van der Waals surface area (Å²) in [6.45, 7) is 0.422. The number of ether oxygens (including phenoxy) is 1. The van der Waals surface area contributed by atoms with Gasteiger partial charge in [-0.15, -0.1) is 11.8 Å². The molecule has 2 aromatic rings. The number of benzene rings is 2. The lowest BCUT2D eigenvalue weighted by atomic mass is 10.2. The molecule has 21 heavy (non-hydrogen) atoms. The number of para-hydroxylation sites is 1. The van der Waals surface area contributed by atoms with Gasteiger partial charge in [0, 0.05) is 20.8 Å². The van der Waals surface area contributed by atoms with Gasteiger partial charge < -0.3 is 15.6 Å². The third-order valence-electron chi connectivity index (χ3n) is 2.67. The van der Waals surface area contributed by atoms with Crippen molar-refractivity contribution >= 4 is 39.3 Å². The highest BCUT2D eigenvalue weighted by atomic mass is 79.9. The van der Waals surface area contributed by atoms with Crippen LogP contribution in [0.3, 0.4) is 0 Å². The van der Waals surface area contributed by atoms with E-state index < -0.39 is 5.97 Å². The molecule has 0 fully saturated rings. The highest BCUT2D eigenvalue weighted by Crippen LogP contribution is 2.29. The molecule has 2 aromatic carbocycles. The first-order valence-corrected chi connectivity index (χ1v) is 7.98. The summed E-state index contributed by atoms with van der Waals surface area (Å²) in [5.41, 5.74) is 6.57. The van der Waals surface area contributed by atoms with E-state index in [1.54, 1.807) is 30.0 Å². The minimum absolute atomic E-state index is 0.177. The second kappa shape index (κ2) is 7.38. The predicted molar refractivity (Wildman–Crippen MR) is 88.2 cm³/mol. The number of rotatable bonds is 6. The Labute approximate surface area is 135 Å². The Morgan fingerprint density at radius 1 is 1.29 bits per heavy atom. The second-order valence-corrected chi connectivity index (χ2v) is 6.18. The lowest BCUT2D eigenvalue weighted by Crippen LogP contribution is -2.05. The molecular formula is C15H14BrNO3S. The quantitative estimate of drug-likeness (QED) is 0.460. The van der Waals surface area contributed by atoms with Crippen LogP contribution in [-0.4, -0.2) is 23.4 Å². The number of thioether (sulfide) groups is 1. The molecule has 0 radical (unpaired) electrons. The van der Waals surface area contributed by atoms with E-state index in [4.69, 9.17) is 15.6 Å². The third kappa shape index (κ3) is 4.41. The van der Waals surface area contributed by atoms with Crippen LogP contribution < -0.4 is 10.5 Å². The maximum absolute atomic E-state index is 11.0. The molecule has 6 heteroatoms. The van der Waals surface area contributed by atoms with E-state index in [1.807, 2.05) is 18.2 Å². The van der Waals surface area contributed by atoms with Crippen LogP contribution in [0.4, 0.5) is 5.69 Å². The summed E-state index contributed by atoms with van der Waals surface area (Å²) in [6.07, 6.45) is 0. The zero-order valence-electron chi connectivity index (χ0n) is 11.1. The van der Waals surface area contributed by atoms with Crippen molar-refractivity contribution in [2.45, 2.75) is 4.90 Å². The predicted octanol–water partition coefficient (Wildman–Crippen LogP) is 3.90. The number of aromatic carboxylic acids is 1. The normalized spacial score (nSPS) is 10.3. The molecule has 2 rings (SSSR count). The molecule has 0 saturated carbocycles. The van der Waals surface area contributed by atoms with Gasteiger partial charge in [0.2, 0.25) is 0 Å². The van der Waals surface area contributed by atoms with Crippen LogP contribution in [0.1, 0.15) is 10.4 Å². The Kier molecular flexibility index (Phi) is 5.52. The SMILES string of the molecule is Nc1ccc(SCCOc2ccccc2C(=O)O)c(Br)c1. The number of carboxylic acids is 1. The molecule has 0 aliphatic carbocycles. The van der Waals surface area contributed by atoms with Gasteiger partial charge in [0.1, 0.15) is 11.3 Å². The average molecular weight is 368 g/mol. The first kappa shape index (κ1) is 15.7. The number of carboxylic acid groups (broad SMARTS) is 1. The Balaban J connectivity index is 1.89. The van der Waals surface area contributed by atoms with Crippen LogP contribution in [0.5, 0.6) is 5.75 Å². The van der Waals surface area contributed by atoms with Crippen LogP contribution in [-0.2, 0) is 0 Å². The third-order valence-corrected chi connectivity index (χ3v) is 4.63. The van der Waals surface area contributed by atoms with Gasteiger partial charge in [0.25, 0.3) is 0 Å². The van der Waals surface area contributed by atoms with Gasteiger partial charge in [-0.05, 0) is 46.3 Å². The summed E-state index contributed by atoms with van der Waals surface area (Å²) in [6, 6.07) is 12.3. The van der Waals surface area contributed by atoms with Gasteiger partial charge in [-0.3, -0.25) is 0 Å². The van der Waals surface area contributed by atoms with Crippen LogP contribution in [0.15, 0.2) is 51.8 Å². The Bertz CT molecular complexity index is 649. The van der Waals surface area contributed by atoms with Gasteiger partial charge in [0.05, 0.1) is 6.61 Å². The van der Waals surface area contributed by atoms with Gasteiger partial charge in [-0.25, -0.2) is 4.79 Å². The first-order valence-electron chi connectivity index (χ1n) is 6.21. The average Bonchev–Trinajstić information content (AvgIpc) is 2.45. The molecule has 0 atom stereocenters. The number of nitrogens with two attached hydrogens (primary N) is 1. The van der Waals surface area contributed by atoms with Gasteiger partial charge >= 0.3 is 5.97 Å². The van der Waals surface area contributed by atoms with Gasteiger partial charge in [-0.1, -0.05) is 12.1 Å². The topological polar surface area (TPSA) is 72.5 Å². The Morgan fingerprint density at radius 2 is 2.05 bits per heavy atom. The van der Waals surface area contributed by atoms with E-state index in [1.165, 1.54) is 6.07 Å². The fourth-order valence-electron chi connectivity index (χ4n) is 1.71. The van der Waals surface area contributed by atoms with Crippen molar-refractivity contribution in [2.24, 2.45) is 0 Å². The van der Waals surface area contributed by atoms with Crippen LogP contribution in [0.2, 0.25) is 0 Å². The van der Waals surface area contributed by atoms with Gasteiger partial charge in [0.15, 0.2) is 0 Å². The molecule has 0 aliphatic rings. The molecule has 110 valence electrons. The van der Waals surface area contributed by atoms with Crippen molar-refractivity contribution in [1.82, 2.24) is 0 Å². The molecule has 0 aliphatic heterocycles. The zero-order chi connectivity index (χ0) is 15.2. The first-order chi connectivity index (χ1) is 10.1. The molecule has 3 N–H and O–H groups in total. The lowest BCUT2D eigenvalue weighted by molar-refractivity contribution is 0.0692. The maximum Gasteiger partial charge on any atom is 0.339 e. The molecular weight excluding hydrogens is 354 g/mol. The highest BCUT2D eigenvalue weighted by Gasteiger charge is 2.10. The van der Waals surface area contributed by atoms with Crippen molar-refractivity contribution in [1.29, 1.82) is 0 Å². The molecule has 0 unspecified atom stereocenters. The number of hydrogen-bond acceptors (Lipinski definition) is 4. The minimum Gasteiger partial charge on any atom is -0.492 e. The minimum atomic E-state index is -0.987. The molecule has 0 bridgehead atoms. The van der Waals surface area contributed by atoms with Crippen molar-refractivity contribution in [2.75, 3.05) is 18.1 Å². The van der Waals surface area contributed by atoms with E-state index in [0.29, 0.717) is 23.8 Å². The second-order valence-electron chi connectivity index (χ2n) is 4.19. The number of nitrogen functional groups attached to an aromatic ring is 1. The number of carbonyl (C=O) groups is 1. The monoisotopic (exact) mass is 367 g/mol. The van der Waals surface area contributed by atoms with E-state index >= 15 is 0 Å². The van der Waals surface area contributed by atoms with Crippen LogP contribution in [0.25, 0.3) is 0 Å². The molecule has 4 nitrogen and oxygen atoms in total. The summed E-state index contributed by atoms with van der Waals surface area (Å²) >= 11 is 5.07. The van der Waals surface area contributed by atoms with Crippen molar-refractivity contribution in [3.63, 3.8) is 0 Å². The van der Waals surface area contributed by atoms with E-state index in [9.17, 15) is 4.79 Å². The molecule has 0 amide bonds. The maximum atomic E-state index is 11.0. The summed E-state index contributed by atoms with van der Waals surface area (Å²) in [7, 11) is 0. The van der Waals surface area contributed by atoms with Crippen molar-refractivity contribution in [3.05, 3.63) is 52.5 Å². The van der Waals surface area contributed by atoms with Crippen LogP contribution >= 0.6 is 27.7 Å². The fourth-order valence-corrected chi connectivity index (χ4v) is 3.19. The number of anilines is 1. The zero-order valence-corrected chi connectivity index (χ0v) is 13.5. The Hall–Kier alpha value is -1.66. The number of halogens is 1. The summed E-state index contributed by atoms with van der Waals surface area (Å²) < 4.78 is 6.49. The lowest BCUT2D eigenvalue weighted by Gasteiger charge is -2.09. The van der Waals surface area contributed by atoms with E-state index in [-0.39, 0.29) is 5.56 Å². The summed E-state index contributed by atoms with van der Waals surface area (Å²) in [5.74, 6) is 0.109. The van der Waals surface area contributed by atoms with Crippen LogP contribution in [0, 0.1) is 0 Å². The van der Waals surface area contributed by atoms with Gasteiger partial charge in [-0.2, -0.15) is 0 Å². The smallest absolute Gasteiger partial charge is 0.339 e. The summed E-state index contributed by atoms with van der Waals surface area (Å²) in [5, 5.41) is 9.06. The number of hydrogen-bond donors (Lipinski definition) is 2. The van der Waals surface area contributed by atoms with Crippen molar-refractivity contribution in [3.8, 4) is 5.75 Å². The standard InChI is InChI=1S/C15H14BrNO3S/c16-12-9-10(17)5-6-14(12)21-8-7-20-13-4-2-1-3-11(13)15(18)19/h1-6,9H,7-8,17H2,(H,18,19). The molecule has 0 heterocycles. The van der Waals surface area contributed by atoms with E-state index in [2.05, 4.69) is 15.9 Å². The van der Waals surface area contributed by atoms with E-state index in [0.717, 1.165) is 9.37 Å². The fraction of sp³-hybridized carbons (Fsp3) is 0.133. The highest BCUT2D eigenvalue weighted by molar-refractivity contribution is 9.10. The Morgan fingerprint density at radius 3 is 2.76 bits per heavy atom. The largest absolute Gasteiger partial charge is 0.492 e.